The van der Waals surface area contributed by atoms with E-state index in [-0.39, 0.29) is 18.4 Å². The quantitative estimate of drug-likeness (QED) is 0.641. The highest BCUT2D eigenvalue weighted by Crippen LogP contribution is 2.36. The zero-order valence-corrected chi connectivity index (χ0v) is 17.6. The van der Waals surface area contributed by atoms with Crippen LogP contribution >= 0.6 is 11.6 Å². The number of rotatable bonds is 4. The molecule has 1 N–H and O–H groups in total. The number of amides is 2. The molecule has 0 saturated carbocycles. The van der Waals surface area contributed by atoms with Crippen LogP contribution in [0.4, 0.5) is 20.6 Å². The molecule has 9 nitrogen and oxygen atoms in total. The Bertz CT molecular complexity index is 1170. The fourth-order valence-electron chi connectivity index (χ4n) is 3.59. The second-order valence-corrected chi connectivity index (χ2v) is 7.64. The number of benzene rings is 2. The molecule has 3 aromatic rings. The van der Waals surface area contributed by atoms with Gasteiger partial charge in [-0.3, -0.25) is 4.90 Å². The van der Waals surface area contributed by atoms with E-state index in [4.69, 9.17) is 25.8 Å². The van der Waals surface area contributed by atoms with Crippen LogP contribution in [0.1, 0.15) is 11.6 Å². The number of anilines is 2. The first kappa shape index (κ1) is 20.5. The molecule has 2 aromatic carbocycles. The molecule has 2 amide bonds. The van der Waals surface area contributed by atoms with Crippen LogP contribution in [0.5, 0.6) is 11.5 Å². The van der Waals surface area contributed by atoms with Gasteiger partial charge < -0.3 is 24.1 Å². The first-order chi connectivity index (χ1) is 15.6. The van der Waals surface area contributed by atoms with E-state index in [0.717, 1.165) is 5.82 Å². The fourth-order valence-corrected chi connectivity index (χ4v) is 3.77. The van der Waals surface area contributed by atoms with E-state index in [1.807, 2.05) is 4.57 Å². The molecule has 166 valence electrons. The average Bonchev–Trinajstić information content (AvgIpc) is 3.34. The molecule has 0 atom stereocenters. The van der Waals surface area contributed by atoms with Crippen LogP contribution in [0.2, 0.25) is 5.02 Å². The molecule has 11 heteroatoms. The molecule has 5 rings (SSSR count). The molecule has 32 heavy (non-hydrogen) atoms. The number of aromatic nitrogens is 3. The maximum absolute atomic E-state index is 13.5. The lowest BCUT2D eigenvalue weighted by molar-refractivity contribution is 0.139. The van der Waals surface area contributed by atoms with Gasteiger partial charge in [0, 0.05) is 30.4 Å². The van der Waals surface area contributed by atoms with Gasteiger partial charge in [-0.1, -0.05) is 11.6 Å². The molecule has 0 saturated heterocycles. The molecule has 3 heterocycles. The third kappa shape index (κ3) is 4.06. The van der Waals surface area contributed by atoms with Crippen LogP contribution in [0.3, 0.4) is 0 Å². The number of carbonyl (C=O) groups is 1. The van der Waals surface area contributed by atoms with Crippen molar-refractivity contribution in [3.05, 3.63) is 58.9 Å². The van der Waals surface area contributed by atoms with Crippen molar-refractivity contribution < 1.29 is 23.4 Å². The monoisotopic (exact) mass is 459 g/mol. The second-order valence-electron chi connectivity index (χ2n) is 7.23. The predicted octanol–water partition coefficient (Wildman–Crippen LogP) is 3.61. The summed E-state index contributed by atoms with van der Waals surface area (Å²) in [6.45, 7) is 1.99. The molecule has 0 unspecified atom stereocenters. The normalized spacial score (nSPS) is 14.6. The van der Waals surface area contributed by atoms with Gasteiger partial charge in [0.05, 0.1) is 24.8 Å². The molecular formula is C21H19ClFN5O4. The zero-order chi connectivity index (χ0) is 22.1. The Morgan fingerprint density at radius 1 is 1.16 bits per heavy atom. The Balaban J connectivity index is 1.47. The van der Waals surface area contributed by atoms with Crippen molar-refractivity contribution in [2.24, 2.45) is 0 Å². The minimum Gasteiger partial charge on any atom is -0.454 e. The number of hydrogen-bond acceptors (Lipinski definition) is 6. The summed E-state index contributed by atoms with van der Waals surface area (Å²) in [5.41, 5.74) is 0.933. The van der Waals surface area contributed by atoms with Gasteiger partial charge in [-0.2, -0.15) is 0 Å². The van der Waals surface area contributed by atoms with Crippen LogP contribution in [0.15, 0.2) is 36.4 Å². The van der Waals surface area contributed by atoms with Crippen LogP contribution in [-0.4, -0.2) is 40.8 Å². The number of carbonyl (C=O) groups excluding carboxylic acids is 1. The van der Waals surface area contributed by atoms with Crippen LogP contribution in [0, 0.1) is 5.82 Å². The Kier molecular flexibility index (Phi) is 5.54. The summed E-state index contributed by atoms with van der Waals surface area (Å²) < 4.78 is 31.9. The Labute approximate surface area is 187 Å². The second kappa shape index (κ2) is 8.64. The summed E-state index contributed by atoms with van der Waals surface area (Å²) in [5, 5.41) is 11.2. The molecule has 0 aliphatic carbocycles. The Morgan fingerprint density at radius 2 is 2.03 bits per heavy atom. The van der Waals surface area contributed by atoms with Crippen molar-refractivity contribution >= 4 is 29.0 Å². The van der Waals surface area contributed by atoms with Gasteiger partial charge in [0.1, 0.15) is 11.6 Å². The van der Waals surface area contributed by atoms with Crippen LogP contribution < -0.4 is 19.7 Å². The molecule has 1 aromatic heterocycles. The van der Waals surface area contributed by atoms with Crippen molar-refractivity contribution in [3.63, 3.8) is 0 Å². The Hall–Kier alpha value is -3.37. The van der Waals surface area contributed by atoms with E-state index in [2.05, 4.69) is 15.5 Å². The maximum Gasteiger partial charge on any atom is 0.326 e. The van der Waals surface area contributed by atoms with Gasteiger partial charge in [-0.25, -0.2) is 9.18 Å². The first-order valence-electron chi connectivity index (χ1n) is 10.0. The lowest BCUT2D eigenvalue weighted by atomic mass is 10.2. The topological polar surface area (TPSA) is 90.7 Å². The van der Waals surface area contributed by atoms with E-state index >= 15 is 0 Å². The van der Waals surface area contributed by atoms with Crippen LogP contribution in [-0.2, 0) is 24.2 Å². The molecular weight excluding hydrogens is 441 g/mol. The van der Waals surface area contributed by atoms with E-state index in [9.17, 15) is 9.18 Å². The number of hydrogen-bond donors (Lipinski definition) is 1. The molecule has 2 aliphatic heterocycles. The highest BCUT2D eigenvalue weighted by molar-refractivity contribution is 6.31. The van der Waals surface area contributed by atoms with Gasteiger partial charge in [-0.15, -0.1) is 10.2 Å². The third-order valence-electron chi connectivity index (χ3n) is 5.22. The fraction of sp³-hybridized carbons (Fsp3) is 0.286. The number of halogens is 2. The van der Waals surface area contributed by atoms with Crippen molar-refractivity contribution in [1.82, 2.24) is 14.8 Å². The molecule has 0 spiro atoms. The van der Waals surface area contributed by atoms with E-state index < -0.39 is 11.8 Å². The van der Waals surface area contributed by atoms with Crippen molar-refractivity contribution in [2.45, 2.75) is 19.5 Å². The molecule has 0 fully saturated rings. The smallest absolute Gasteiger partial charge is 0.326 e. The number of urea groups is 1. The zero-order valence-electron chi connectivity index (χ0n) is 16.9. The number of ether oxygens (including phenoxy) is 3. The third-order valence-corrected chi connectivity index (χ3v) is 5.51. The van der Waals surface area contributed by atoms with Gasteiger partial charge in [0.25, 0.3) is 0 Å². The largest absolute Gasteiger partial charge is 0.454 e. The minimum atomic E-state index is -0.564. The highest BCUT2D eigenvalue weighted by atomic mass is 35.5. The standard InChI is InChI=1S/C21H19ClFN5O4/c22-15-9-13(1-3-16(15)23)24-21(29)28(14-2-4-17-18(10-14)32-12-31-17)11-20-26-25-19-5-7-30-8-6-27(19)20/h1-4,9-10H,5-8,11-12H2,(H,24,29). The van der Waals surface area contributed by atoms with Gasteiger partial charge in [0.15, 0.2) is 17.3 Å². The molecule has 2 aliphatic rings. The van der Waals surface area contributed by atoms with Crippen molar-refractivity contribution in [1.29, 1.82) is 0 Å². The maximum atomic E-state index is 13.5. The minimum absolute atomic E-state index is 0.0831. The van der Waals surface area contributed by atoms with Gasteiger partial charge in [0.2, 0.25) is 6.79 Å². The van der Waals surface area contributed by atoms with Gasteiger partial charge >= 0.3 is 6.03 Å². The van der Waals surface area contributed by atoms with Crippen LogP contribution in [0.25, 0.3) is 0 Å². The van der Waals surface area contributed by atoms with E-state index in [1.165, 1.54) is 23.1 Å². The van der Waals surface area contributed by atoms with E-state index in [1.54, 1.807) is 18.2 Å². The van der Waals surface area contributed by atoms with Crippen molar-refractivity contribution in [3.8, 4) is 11.5 Å². The highest BCUT2D eigenvalue weighted by Gasteiger charge is 2.24. The summed E-state index contributed by atoms with van der Waals surface area (Å²) in [6, 6.07) is 8.76. The average molecular weight is 460 g/mol. The first-order valence-corrected chi connectivity index (χ1v) is 10.4. The molecule has 0 radical (unpaired) electrons. The lowest BCUT2D eigenvalue weighted by Gasteiger charge is -2.23. The van der Waals surface area contributed by atoms with E-state index in [0.29, 0.717) is 54.9 Å². The van der Waals surface area contributed by atoms with Gasteiger partial charge in [-0.05, 0) is 30.3 Å². The number of fused-ring (bicyclic) bond motifs is 2. The number of nitrogens with one attached hydrogen (secondary N) is 1. The summed E-state index contributed by atoms with van der Waals surface area (Å²) >= 11 is 5.86. The summed E-state index contributed by atoms with van der Waals surface area (Å²) in [4.78, 5) is 14.8. The number of nitrogens with zero attached hydrogens (tertiary/aromatic N) is 4. The lowest BCUT2D eigenvalue weighted by Crippen LogP contribution is -2.35. The summed E-state index contributed by atoms with van der Waals surface area (Å²) in [5.74, 6) is 2.02. The summed E-state index contributed by atoms with van der Waals surface area (Å²) in [7, 11) is 0. The predicted molar refractivity (Wildman–Crippen MR) is 114 cm³/mol. The summed E-state index contributed by atoms with van der Waals surface area (Å²) in [6.07, 6.45) is 0.650. The Morgan fingerprint density at radius 3 is 2.91 bits per heavy atom. The molecule has 0 bridgehead atoms. The SMILES string of the molecule is O=C(Nc1ccc(F)c(Cl)c1)N(Cc1nnc2n1CCOCC2)c1ccc2c(c1)OCO2. The van der Waals surface area contributed by atoms with Crippen molar-refractivity contribution in [2.75, 3.05) is 30.2 Å².